The van der Waals surface area contributed by atoms with Gasteiger partial charge in [0.15, 0.2) is 0 Å². The van der Waals surface area contributed by atoms with Crippen molar-refractivity contribution in [2.24, 2.45) is 0 Å². The number of aliphatic carboxylic acids is 2. The molecule has 3 N–H and O–H groups in total. The number of carboxylic acid groups (broad SMARTS) is 2. The lowest BCUT2D eigenvalue weighted by atomic mass is 10.2. The maximum Gasteiger partial charge on any atom is 0.306 e. The molecule has 0 fully saturated rings. The van der Waals surface area contributed by atoms with Crippen LogP contribution in [-0.2, 0) is 9.59 Å². The van der Waals surface area contributed by atoms with Gasteiger partial charge in [0, 0.05) is 12.4 Å². The summed E-state index contributed by atoms with van der Waals surface area (Å²) in [5, 5.41) is 36.6. The average molecular weight is 1210 g/mol. The Kier molecular flexibility index (Phi) is 1480. The predicted octanol–water partition coefficient (Wildman–Crippen LogP) is 27.9. The predicted molar refractivity (Wildman–Crippen MR) is 413 cm³/mol. The number of quaternary nitrogens is 2. The lowest BCUT2D eigenvalue weighted by molar-refractivity contribution is -0.873. The number of nitrogens with zero attached hydrogens (tertiary/aromatic N) is 2. The highest BCUT2D eigenvalue weighted by atomic mass is 16.4. The van der Waals surface area contributed by atoms with Crippen molar-refractivity contribution in [1.29, 1.82) is 0 Å². The highest BCUT2D eigenvalue weighted by Gasteiger charge is 2.17. The molecule has 0 saturated carbocycles. The summed E-state index contributed by atoms with van der Waals surface area (Å²) < 4.78 is 1.13. The van der Waals surface area contributed by atoms with Gasteiger partial charge in [-0.2, -0.15) is 0 Å². The number of likely N-dealkylation sites (N-methyl/N-ethyl adjacent to an activating group) is 2. The van der Waals surface area contributed by atoms with Gasteiger partial charge in [-0.15, -0.1) is 0 Å². The van der Waals surface area contributed by atoms with Crippen LogP contribution >= 0.6 is 0 Å². The van der Waals surface area contributed by atoms with Gasteiger partial charge in [0.25, 0.3) is 0 Å². The minimum atomic E-state index is -1.20. The summed E-state index contributed by atoms with van der Waals surface area (Å²) >= 11 is 0. The Balaban J connectivity index is -0.0000000115. The first-order chi connectivity index (χ1) is 38.4. The van der Waals surface area contributed by atoms with Gasteiger partial charge in [-0.3, -0.25) is 4.79 Å². The van der Waals surface area contributed by atoms with E-state index >= 15 is 0 Å². The molecule has 0 aromatic rings. The van der Waals surface area contributed by atoms with Gasteiger partial charge in [-0.25, -0.2) is 0 Å². The molecule has 0 amide bonds. The van der Waals surface area contributed by atoms with E-state index < -0.39 is 24.1 Å². The van der Waals surface area contributed by atoms with Gasteiger partial charge in [0.2, 0.25) is 0 Å². The number of rotatable bonds is 8. The zero-order valence-corrected chi connectivity index (χ0v) is 71.9. The molecule has 0 saturated heterocycles. The smallest absolute Gasteiger partial charge is 0.306 e. The fourth-order valence-corrected chi connectivity index (χ4v) is 1.79. The summed E-state index contributed by atoms with van der Waals surface area (Å²) in [6.07, 6.45) is 0.498. The second-order valence-electron chi connectivity index (χ2n) is 8.84. The van der Waals surface area contributed by atoms with Gasteiger partial charge in [0.05, 0.1) is 48.7 Å². The first-order valence-electron chi connectivity index (χ1n) is 35.8. The summed E-state index contributed by atoms with van der Waals surface area (Å²) in [6.45, 7) is 113. The van der Waals surface area contributed by atoms with Crippen molar-refractivity contribution >= 4 is 11.9 Å². The first-order valence-corrected chi connectivity index (χ1v) is 35.8. The summed E-state index contributed by atoms with van der Waals surface area (Å²) in [5.41, 5.74) is 0. The number of carbonyl (C=O) groups excluding carboxylic acids is 1. The van der Waals surface area contributed by atoms with Crippen LogP contribution in [-0.4, -0.2) is 104 Å². The number of carboxylic acids is 2. The highest BCUT2D eigenvalue weighted by Crippen LogP contribution is 1.99. The standard InChI is InChI=1S/2C7H15NO3.2C3H8.26C2H6.CH4/c2*1-8(2,3)5-6(9)4-7(10)11;2*1-3-2;26*1-2;/h2*6,9H,4-5H2,1-3H3;2*3H2,1-2H3;26*1-2H3;1H4/p+1/t2*6-;;;;;;;;;;;;;;;;;;;;;;;;;;;;;/m11............................./s1. The average Bonchev–Trinajstić information content (AvgIpc) is 3.55. The fraction of sp³-hybridized carbons (Fsp3) is 0.973. The first kappa shape index (κ1) is 208. The molecule has 0 aliphatic rings. The van der Waals surface area contributed by atoms with Crippen LogP contribution in [0.2, 0.25) is 0 Å². The van der Waals surface area contributed by atoms with Crippen LogP contribution in [0.1, 0.15) is 421 Å². The van der Waals surface area contributed by atoms with E-state index in [0.717, 1.165) is 0 Å². The second-order valence-corrected chi connectivity index (χ2v) is 8.84. The number of hydrogen-bond donors (Lipinski definition) is 3. The molecule has 0 unspecified atom stereocenters. The van der Waals surface area contributed by atoms with Crippen molar-refractivity contribution in [3.8, 4) is 0 Å². The largest absolute Gasteiger partial charge is 0.550 e. The highest BCUT2D eigenvalue weighted by molar-refractivity contribution is 5.67. The van der Waals surface area contributed by atoms with E-state index in [2.05, 4.69) is 27.7 Å². The topological polar surface area (TPSA) is 118 Å². The Hall–Kier alpha value is -1.22. The lowest BCUT2D eigenvalue weighted by Gasteiger charge is -2.26. The molecule has 8 heteroatoms. The van der Waals surface area contributed by atoms with Crippen LogP contribution in [0.15, 0.2) is 0 Å². The summed E-state index contributed by atoms with van der Waals surface area (Å²) in [5.74, 6) is -2.16. The van der Waals surface area contributed by atoms with Crippen LogP contribution in [0.4, 0.5) is 0 Å². The molecule has 0 heterocycles. The molecule has 0 radical (unpaired) electrons. The van der Waals surface area contributed by atoms with Gasteiger partial charge < -0.3 is 34.2 Å². The third kappa shape index (κ3) is 1650. The number of carbonyl (C=O) groups is 2. The van der Waals surface area contributed by atoms with Crippen molar-refractivity contribution in [3.05, 3.63) is 0 Å². The maximum atomic E-state index is 10.1. The Morgan fingerprint density at radius 3 is 0.432 bits per heavy atom. The van der Waals surface area contributed by atoms with Crippen LogP contribution in [0.25, 0.3) is 0 Å². The molecule has 2 atom stereocenters. The van der Waals surface area contributed by atoms with Crippen molar-refractivity contribution in [1.82, 2.24) is 0 Å². The Morgan fingerprint density at radius 2 is 0.370 bits per heavy atom. The Bertz CT molecular complexity index is 353. The quantitative estimate of drug-likeness (QED) is 0.208. The van der Waals surface area contributed by atoms with Crippen LogP contribution < -0.4 is 5.11 Å². The zero-order chi connectivity index (χ0) is 75.6. The third-order valence-corrected chi connectivity index (χ3v) is 2.33. The molecule has 0 aromatic carbocycles. The summed E-state index contributed by atoms with van der Waals surface area (Å²) in [6, 6.07) is 0. The van der Waals surface area contributed by atoms with E-state index in [4.69, 9.17) is 15.3 Å². The Morgan fingerprint density at radius 1 is 0.284 bits per heavy atom. The molecule has 0 rings (SSSR count). The monoisotopic (exact) mass is 1210 g/mol. The van der Waals surface area contributed by atoms with E-state index in [0.29, 0.717) is 22.1 Å². The zero-order valence-electron chi connectivity index (χ0n) is 71.9. The molecule has 544 valence electrons. The minimum absolute atomic E-state index is 0. The molecule has 0 bridgehead atoms. The van der Waals surface area contributed by atoms with E-state index in [1.165, 1.54) is 12.8 Å². The van der Waals surface area contributed by atoms with E-state index in [-0.39, 0.29) is 20.3 Å². The maximum absolute atomic E-state index is 10.1. The number of aliphatic hydroxyl groups excluding tert-OH is 2. The number of aliphatic hydroxyl groups is 2. The SMILES string of the molecule is C.CC.CC.CC.CC.CC.CC.CC.CC.CC.CC.CC.CC.CC.CC.CC.CC.CC.CC.CC.CC.CC.CC.CC.CC.CC.CC.CCC.CCC.C[N+](C)(C)C[C@H](O)CC(=O)O.C[N+](C)(C)C[C@H](O)CC(=O)[O-]. The third-order valence-electron chi connectivity index (χ3n) is 2.33. The van der Waals surface area contributed by atoms with E-state index in [1.54, 1.807) is 0 Å². The van der Waals surface area contributed by atoms with Gasteiger partial charge >= 0.3 is 5.97 Å². The normalized spacial score (nSPS) is 6.32. The molecule has 0 spiro atoms. The van der Waals surface area contributed by atoms with E-state index in [9.17, 15) is 14.7 Å². The molecule has 81 heavy (non-hydrogen) atoms. The van der Waals surface area contributed by atoms with Gasteiger partial charge in [-0.05, 0) is 0 Å². The van der Waals surface area contributed by atoms with Crippen molar-refractivity contribution in [2.75, 3.05) is 55.4 Å². The molecular formula is C73H207N2O6+. The Labute approximate surface area is 537 Å². The molecule has 0 aliphatic heterocycles. The van der Waals surface area contributed by atoms with Crippen LogP contribution in [0.3, 0.4) is 0 Å². The van der Waals surface area contributed by atoms with Crippen molar-refractivity contribution < 1.29 is 39.0 Å². The summed E-state index contributed by atoms with van der Waals surface area (Å²) in [4.78, 5) is 20.1. The van der Waals surface area contributed by atoms with E-state index in [1.807, 2.05) is 402 Å². The molecule has 0 aromatic heterocycles. The second kappa shape index (κ2) is 575. The van der Waals surface area contributed by atoms with Crippen LogP contribution in [0, 0.1) is 0 Å². The molecule has 0 aliphatic carbocycles. The number of hydrogen-bond acceptors (Lipinski definition) is 5. The molecule has 8 nitrogen and oxygen atoms in total. The van der Waals surface area contributed by atoms with Gasteiger partial charge in [-0.1, -0.05) is 408 Å². The lowest BCUT2D eigenvalue weighted by Crippen LogP contribution is -2.43. The van der Waals surface area contributed by atoms with Crippen molar-refractivity contribution in [3.63, 3.8) is 0 Å². The van der Waals surface area contributed by atoms with Crippen molar-refractivity contribution in [2.45, 2.75) is 433 Å². The van der Waals surface area contributed by atoms with Crippen LogP contribution in [0.5, 0.6) is 0 Å². The minimum Gasteiger partial charge on any atom is -0.550 e. The molecular weight excluding hydrogens is 1000 g/mol. The fourth-order valence-electron chi connectivity index (χ4n) is 1.79. The summed E-state index contributed by atoms with van der Waals surface area (Å²) in [7, 11) is 11.4. The van der Waals surface area contributed by atoms with Gasteiger partial charge in [0.1, 0.15) is 25.3 Å².